The molecule has 0 radical (unpaired) electrons. The molecule has 1 aromatic heterocycles. The van der Waals surface area contributed by atoms with Gasteiger partial charge in [-0.15, -0.1) is 0 Å². The van der Waals surface area contributed by atoms with Gasteiger partial charge in [-0.1, -0.05) is 15.9 Å². The number of hydrogen-bond donors (Lipinski definition) is 1. The Balaban J connectivity index is 2.27. The second kappa shape index (κ2) is 5.59. The second-order valence-electron chi connectivity index (χ2n) is 3.65. The second-order valence-corrected chi connectivity index (χ2v) is 4.56. The molecule has 0 aliphatic heterocycles. The van der Waals surface area contributed by atoms with Crippen LogP contribution >= 0.6 is 15.9 Å². The van der Waals surface area contributed by atoms with Crippen molar-refractivity contribution in [1.29, 1.82) is 5.26 Å². The van der Waals surface area contributed by atoms with Crippen molar-refractivity contribution >= 4 is 27.5 Å². The van der Waals surface area contributed by atoms with Gasteiger partial charge in [0.25, 0.3) is 5.91 Å². The summed E-state index contributed by atoms with van der Waals surface area (Å²) in [4.78, 5) is 15.5. The summed E-state index contributed by atoms with van der Waals surface area (Å²) in [6.07, 6.45) is 2.26. The summed E-state index contributed by atoms with van der Waals surface area (Å²) in [5.41, 5.74) is 0.763. The zero-order chi connectivity index (χ0) is 13.8. The van der Waals surface area contributed by atoms with Gasteiger partial charge in [0.05, 0.1) is 23.0 Å². The van der Waals surface area contributed by atoms with Crippen LogP contribution in [0.1, 0.15) is 15.9 Å². The molecule has 19 heavy (non-hydrogen) atoms. The van der Waals surface area contributed by atoms with Gasteiger partial charge in [0.15, 0.2) is 0 Å². The zero-order valence-corrected chi connectivity index (χ0v) is 11.1. The molecular formula is C13H7BrFN3O. The van der Waals surface area contributed by atoms with Crippen molar-refractivity contribution in [2.75, 3.05) is 5.32 Å². The molecule has 1 amide bonds. The average Bonchev–Trinajstić information content (AvgIpc) is 2.40. The van der Waals surface area contributed by atoms with E-state index in [2.05, 4.69) is 26.2 Å². The predicted molar refractivity (Wildman–Crippen MR) is 71.0 cm³/mol. The average molecular weight is 320 g/mol. The topological polar surface area (TPSA) is 65.8 Å². The van der Waals surface area contributed by atoms with E-state index in [0.29, 0.717) is 11.3 Å². The fourth-order valence-electron chi connectivity index (χ4n) is 1.45. The molecule has 0 unspecified atom stereocenters. The van der Waals surface area contributed by atoms with Gasteiger partial charge in [-0.05, 0) is 24.3 Å². The smallest absolute Gasteiger partial charge is 0.257 e. The lowest BCUT2D eigenvalue weighted by atomic mass is 10.2. The molecular weight excluding hydrogens is 313 g/mol. The van der Waals surface area contributed by atoms with Crippen LogP contribution in [0.3, 0.4) is 0 Å². The monoisotopic (exact) mass is 319 g/mol. The van der Waals surface area contributed by atoms with Crippen LogP contribution in [0.15, 0.2) is 41.1 Å². The van der Waals surface area contributed by atoms with E-state index >= 15 is 0 Å². The molecule has 0 saturated carbocycles. The number of halogens is 2. The first-order valence-electron chi connectivity index (χ1n) is 5.21. The third-order valence-corrected chi connectivity index (χ3v) is 2.81. The number of anilines is 1. The Hall–Kier alpha value is -2.26. The van der Waals surface area contributed by atoms with Crippen molar-refractivity contribution in [3.05, 3.63) is 58.1 Å². The molecule has 0 saturated heterocycles. The van der Waals surface area contributed by atoms with Crippen molar-refractivity contribution < 1.29 is 9.18 Å². The Morgan fingerprint density at radius 1 is 1.37 bits per heavy atom. The predicted octanol–water partition coefficient (Wildman–Crippen LogP) is 3.11. The van der Waals surface area contributed by atoms with Crippen molar-refractivity contribution in [1.82, 2.24) is 4.98 Å². The van der Waals surface area contributed by atoms with Gasteiger partial charge < -0.3 is 5.32 Å². The number of amides is 1. The lowest BCUT2D eigenvalue weighted by Gasteiger charge is -2.07. The number of pyridine rings is 1. The molecule has 0 bridgehead atoms. The van der Waals surface area contributed by atoms with Crippen LogP contribution < -0.4 is 5.32 Å². The molecule has 4 nitrogen and oxygen atoms in total. The summed E-state index contributed by atoms with van der Waals surface area (Å²) in [7, 11) is 0. The van der Waals surface area contributed by atoms with E-state index in [4.69, 9.17) is 5.26 Å². The number of carbonyl (C=O) groups is 1. The van der Waals surface area contributed by atoms with E-state index in [1.54, 1.807) is 18.2 Å². The van der Waals surface area contributed by atoms with Crippen LogP contribution in [-0.4, -0.2) is 10.9 Å². The third-order valence-electron chi connectivity index (χ3n) is 2.32. The third kappa shape index (κ3) is 3.14. The van der Waals surface area contributed by atoms with Crippen molar-refractivity contribution in [3.8, 4) is 6.07 Å². The molecule has 6 heteroatoms. The van der Waals surface area contributed by atoms with E-state index in [9.17, 15) is 9.18 Å². The van der Waals surface area contributed by atoms with Crippen LogP contribution in [0.4, 0.5) is 10.1 Å². The molecule has 2 aromatic rings. The maximum absolute atomic E-state index is 13.0. The van der Waals surface area contributed by atoms with Crippen molar-refractivity contribution in [3.63, 3.8) is 0 Å². The lowest BCUT2D eigenvalue weighted by molar-refractivity contribution is 0.102. The SMILES string of the molecule is N#Cc1cc(Br)ccc1NC(=O)c1cncc(F)c1. The van der Waals surface area contributed by atoms with E-state index in [1.807, 2.05) is 6.07 Å². The van der Waals surface area contributed by atoms with E-state index in [0.717, 1.165) is 16.7 Å². The molecule has 0 aliphatic carbocycles. The van der Waals surface area contributed by atoms with Gasteiger partial charge in [0.2, 0.25) is 0 Å². The first kappa shape index (κ1) is 13.2. The standard InChI is InChI=1S/C13H7BrFN3O/c14-10-1-2-12(8(3-10)5-16)18-13(19)9-4-11(15)7-17-6-9/h1-4,6-7H,(H,18,19). The lowest BCUT2D eigenvalue weighted by Crippen LogP contribution is -2.13. The van der Waals surface area contributed by atoms with Crippen LogP contribution in [-0.2, 0) is 0 Å². The van der Waals surface area contributed by atoms with Crippen molar-refractivity contribution in [2.45, 2.75) is 0 Å². The molecule has 0 fully saturated rings. The molecule has 1 aromatic carbocycles. The van der Waals surface area contributed by atoms with E-state index in [-0.39, 0.29) is 5.56 Å². The maximum Gasteiger partial charge on any atom is 0.257 e. The number of rotatable bonds is 2. The first-order valence-corrected chi connectivity index (χ1v) is 6.01. The summed E-state index contributed by atoms with van der Waals surface area (Å²) in [6.45, 7) is 0. The number of nitrogens with zero attached hydrogens (tertiary/aromatic N) is 2. The van der Waals surface area contributed by atoms with Gasteiger partial charge >= 0.3 is 0 Å². The van der Waals surface area contributed by atoms with E-state index < -0.39 is 11.7 Å². The normalized spacial score (nSPS) is 9.74. The number of benzene rings is 1. The molecule has 0 spiro atoms. The van der Waals surface area contributed by atoms with Gasteiger partial charge in [-0.3, -0.25) is 9.78 Å². The highest BCUT2D eigenvalue weighted by Crippen LogP contribution is 2.20. The Labute approximate surface area is 117 Å². The molecule has 1 heterocycles. The molecule has 94 valence electrons. The maximum atomic E-state index is 13.0. The number of carbonyl (C=O) groups excluding carboxylic acids is 1. The summed E-state index contributed by atoms with van der Waals surface area (Å²) < 4.78 is 13.7. The van der Waals surface area contributed by atoms with Crippen LogP contribution in [0.2, 0.25) is 0 Å². The molecule has 0 atom stereocenters. The highest BCUT2D eigenvalue weighted by molar-refractivity contribution is 9.10. The number of aromatic nitrogens is 1. The fraction of sp³-hybridized carbons (Fsp3) is 0. The summed E-state index contributed by atoms with van der Waals surface area (Å²) >= 11 is 3.23. The largest absolute Gasteiger partial charge is 0.321 e. The van der Waals surface area contributed by atoms with Gasteiger partial charge in [0.1, 0.15) is 11.9 Å². The molecule has 2 rings (SSSR count). The molecule has 1 N–H and O–H groups in total. The highest BCUT2D eigenvalue weighted by Gasteiger charge is 2.10. The number of nitrogens with one attached hydrogen (secondary N) is 1. The van der Waals surface area contributed by atoms with Crippen LogP contribution in [0.5, 0.6) is 0 Å². The fourth-order valence-corrected chi connectivity index (χ4v) is 1.81. The van der Waals surface area contributed by atoms with Gasteiger partial charge in [-0.25, -0.2) is 4.39 Å². The highest BCUT2D eigenvalue weighted by atomic mass is 79.9. The Kier molecular flexibility index (Phi) is 3.88. The zero-order valence-electron chi connectivity index (χ0n) is 9.52. The summed E-state index contributed by atoms with van der Waals surface area (Å²) in [5.74, 6) is -1.12. The number of hydrogen-bond acceptors (Lipinski definition) is 3. The molecule has 0 aliphatic rings. The Morgan fingerprint density at radius 2 is 2.16 bits per heavy atom. The summed E-state index contributed by atoms with van der Waals surface area (Å²) in [6, 6.07) is 7.91. The minimum Gasteiger partial charge on any atom is -0.321 e. The number of nitriles is 1. The Bertz CT molecular complexity index is 682. The van der Waals surface area contributed by atoms with Gasteiger partial charge in [-0.2, -0.15) is 5.26 Å². The first-order chi connectivity index (χ1) is 9.10. The van der Waals surface area contributed by atoms with Crippen LogP contribution in [0, 0.1) is 17.1 Å². The minimum atomic E-state index is -0.594. The van der Waals surface area contributed by atoms with Crippen molar-refractivity contribution in [2.24, 2.45) is 0 Å². The van der Waals surface area contributed by atoms with Crippen LogP contribution in [0.25, 0.3) is 0 Å². The Morgan fingerprint density at radius 3 is 2.84 bits per heavy atom. The quantitative estimate of drug-likeness (QED) is 0.924. The van der Waals surface area contributed by atoms with Gasteiger partial charge in [0, 0.05) is 10.7 Å². The summed E-state index contributed by atoms with van der Waals surface area (Å²) in [5, 5.41) is 11.5. The minimum absolute atomic E-state index is 0.0896. The van der Waals surface area contributed by atoms with E-state index in [1.165, 1.54) is 6.20 Å².